The predicted molar refractivity (Wildman–Crippen MR) is 67.3 cm³/mol. The lowest BCUT2D eigenvalue weighted by molar-refractivity contribution is -0.116. The van der Waals surface area contributed by atoms with E-state index in [4.69, 9.17) is 0 Å². The van der Waals surface area contributed by atoms with Gasteiger partial charge in [0.25, 0.3) is 0 Å². The van der Waals surface area contributed by atoms with Crippen LogP contribution < -0.4 is 0 Å². The number of carbonyl (C=O) groups is 1. The maximum absolute atomic E-state index is 11.8. The van der Waals surface area contributed by atoms with Crippen molar-refractivity contribution >= 4 is 5.78 Å². The topological polar surface area (TPSA) is 17.1 Å². The second-order valence-corrected chi connectivity index (χ2v) is 5.48. The van der Waals surface area contributed by atoms with Gasteiger partial charge in [-0.15, -0.1) is 0 Å². The van der Waals surface area contributed by atoms with Crippen molar-refractivity contribution < 1.29 is 4.79 Å². The van der Waals surface area contributed by atoms with Crippen LogP contribution in [0, 0.1) is 11.8 Å². The van der Waals surface area contributed by atoms with Gasteiger partial charge in [0.05, 0.1) is 0 Å². The van der Waals surface area contributed by atoms with Crippen LogP contribution in [-0.2, 0) is 4.79 Å². The van der Waals surface area contributed by atoms with Crippen LogP contribution in [0.15, 0.2) is 11.6 Å². The Labute approximate surface area is 99.3 Å². The molecule has 0 aromatic heterocycles. The van der Waals surface area contributed by atoms with Crippen LogP contribution in [0.2, 0.25) is 0 Å². The number of ketones is 1. The number of hydrogen-bond donors (Lipinski definition) is 0. The van der Waals surface area contributed by atoms with Crippen molar-refractivity contribution in [2.24, 2.45) is 11.8 Å². The smallest absolute Gasteiger partial charge is 0.158 e. The van der Waals surface area contributed by atoms with Gasteiger partial charge in [0.1, 0.15) is 0 Å². The average Bonchev–Trinajstić information content (AvgIpc) is 2.31. The molecule has 0 aromatic carbocycles. The molecule has 16 heavy (non-hydrogen) atoms. The molecule has 0 heterocycles. The molecule has 0 amide bonds. The van der Waals surface area contributed by atoms with Crippen molar-refractivity contribution in [1.29, 1.82) is 0 Å². The molecule has 1 fully saturated rings. The zero-order chi connectivity index (χ0) is 11.4. The van der Waals surface area contributed by atoms with Gasteiger partial charge in [-0.2, -0.15) is 0 Å². The van der Waals surface area contributed by atoms with Crippen LogP contribution >= 0.6 is 0 Å². The van der Waals surface area contributed by atoms with Crippen molar-refractivity contribution in [2.75, 3.05) is 0 Å². The van der Waals surface area contributed by atoms with Crippen LogP contribution in [0.3, 0.4) is 0 Å². The van der Waals surface area contributed by atoms with E-state index in [0.29, 0.717) is 11.7 Å². The zero-order valence-electron chi connectivity index (χ0n) is 10.5. The second-order valence-electron chi connectivity index (χ2n) is 5.48. The molecule has 0 aromatic rings. The molecule has 0 aliphatic heterocycles. The number of hydrogen-bond acceptors (Lipinski definition) is 1. The molecule has 0 atom stereocenters. The quantitative estimate of drug-likeness (QED) is 0.694. The van der Waals surface area contributed by atoms with E-state index in [1.165, 1.54) is 44.1 Å². The Hall–Kier alpha value is -0.590. The van der Waals surface area contributed by atoms with Crippen LogP contribution in [0.5, 0.6) is 0 Å². The third-order valence-electron chi connectivity index (χ3n) is 4.28. The van der Waals surface area contributed by atoms with Gasteiger partial charge in [0.15, 0.2) is 5.78 Å². The van der Waals surface area contributed by atoms with Gasteiger partial charge in [-0.3, -0.25) is 4.79 Å². The lowest BCUT2D eigenvalue weighted by Crippen LogP contribution is -2.21. The number of carbonyl (C=O) groups excluding carboxylic acids is 1. The molecule has 90 valence electrons. The second kappa shape index (κ2) is 5.65. The lowest BCUT2D eigenvalue weighted by atomic mass is 9.74. The van der Waals surface area contributed by atoms with Crippen molar-refractivity contribution in [3.63, 3.8) is 0 Å². The minimum Gasteiger partial charge on any atom is -0.295 e. The highest BCUT2D eigenvalue weighted by Gasteiger charge is 2.27. The maximum Gasteiger partial charge on any atom is 0.158 e. The first kappa shape index (κ1) is 11.9. The average molecular weight is 220 g/mol. The highest BCUT2D eigenvalue weighted by molar-refractivity contribution is 5.96. The molecule has 0 radical (unpaired) electrons. The molecule has 1 nitrogen and oxygen atoms in total. The predicted octanol–water partition coefficient (Wildman–Crippen LogP) is 4.27. The maximum atomic E-state index is 11.8. The Kier molecular flexibility index (Phi) is 4.20. The summed E-state index contributed by atoms with van der Waals surface area (Å²) in [6.07, 6.45) is 13.2. The molecule has 2 rings (SSSR count). The molecule has 0 saturated heterocycles. The minimum absolute atomic E-state index is 0.449. The van der Waals surface area contributed by atoms with Crippen LogP contribution in [-0.4, -0.2) is 5.78 Å². The van der Waals surface area contributed by atoms with Crippen LogP contribution in [0.4, 0.5) is 0 Å². The first-order valence-corrected chi connectivity index (χ1v) is 7.04. The van der Waals surface area contributed by atoms with Crippen molar-refractivity contribution in [3.8, 4) is 0 Å². The Morgan fingerprint density at radius 3 is 2.62 bits per heavy atom. The summed E-state index contributed by atoms with van der Waals surface area (Å²) in [5, 5.41) is 0. The minimum atomic E-state index is 0.449. The zero-order valence-corrected chi connectivity index (χ0v) is 10.5. The third kappa shape index (κ3) is 2.75. The Morgan fingerprint density at radius 2 is 2.00 bits per heavy atom. The molecule has 0 spiro atoms. The van der Waals surface area contributed by atoms with E-state index in [9.17, 15) is 4.79 Å². The molecule has 0 bridgehead atoms. The van der Waals surface area contributed by atoms with E-state index in [-0.39, 0.29) is 0 Å². The molecular formula is C15H24O. The van der Waals surface area contributed by atoms with Gasteiger partial charge in [0, 0.05) is 6.42 Å². The lowest BCUT2D eigenvalue weighted by Gasteiger charge is -2.30. The third-order valence-corrected chi connectivity index (χ3v) is 4.28. The summed E-state index contributed by atoms with van der Waals surface area (Å²) < 4.78 is 0. The van der Waals surface area contributed by atoms with Gasteiger partial charge in [-0.05, 0) is 55.9 Å². The summed E-state index contributed by atoms with van der Waals surface area (Å²) in [6.45, 7) is 2.28. The van der Waals surface area contributed by atoms with E-state index in [2.05, 4.69) is 13.0 Å². The summed E-state index contributed by atoms with van der Waals surface area (Å²) >= 11 is 0. The first-order chi connectivity index (χ1) is 7.81. The van der Waals surface area contributed by atoms with E-state index in [1.807, 2.05) is 0 Å². The Balaban J connectivity index is 1.88. The Morgan fingerprint density at radius 1 is 1.25 bits per heavy atom. The van der Waals surface area contributed by atoms with Gasteiger partial charge in [-0.25, -0.2) is 0 Å². The van der Waals surface area contributed by atoms with E-state index < -0.39 is 0 Å². The van der Waals surface area contributed by atoms with Gasteiger partial charge in [0.2, 0.25) is 0 Å². The monoisotopic (exact) mass is 220 g/mol. The number of rotatable bonds is 3. The van der Waals surface area contributed by atoms with Gasteiger partial charge in [-0.1, -0.05) is 25.8 Å². The molecule has 0 N–H and O–H groups in total. The fourth-order valence-electron chi connectivity index (χ4n) is 3.34. The first-order valence-electron chi connectivity index (χ1n) is 7.04. The fourth-order valence-corrected chi connectivity index (χ4v) is 3.34. The van der Waals surface area contributed by atoms with E-state index in [0.717, 1.165) is 25.2 Å². The molecule has 2 aliphatic rings. The molecular weight excluding hydrogens is 196 g/mol. The van der Waals surface area contributed by atoms with Crippen LogP contribution in [0.1, 0.15) is 64.7 Å². The summed E-state index contributed by atoms with van der Waals surface area (Å²) in [4.78, 5) is 11.8. The standard InChI is InChI=1S/C15H24O/c1-2-5-12-8-10-13(11-9-12)14-6-3-4-7-15(14)16/h6,12-13H,2-5,7-11H2,1H3/t12-,13-. The van der Waals surface area contributed by atoms with Crippen molar-refractivity contribution in [3.05, 3.63) is 11.6 Å². The SMILES string of the molecule is CCC[C@H]1CC[C@H](C2=CCCCC2=O)CC1. The van der Waals surface area contributed by atoms with E-state index in [1.54, 1.807) is 0 Å². The van der Waals surface area contributed by atoms with Crippen molar-refractivity contribution in [1.82, 2.24) is 0 Å². The van der Waals surface area contributed by atoms with Crippen molar-refractivity contribution in [2.45, 2.75) is 64.7 Å². The molecule has 0 unspecified atom stereocenters. The fraction of sp³-hybridized carbons (Fsp3) is 0.800. The highest BCUT2D eigenvalue weighted by Crippen LogP contribution is 2.37. The van der Waals surface area contributed by atoms with E-state index >= 15 is 0 Å². The molecule has 1 saturated carbocycles. The van der Waals surface area contributed by atoms with Crippen LogP contribution in [0.25, 0.3) is 0 Å². The normalized spacial score (nSPS) is 31.3. The molecule has 1 heteroatoms. The number of allylic oxidation sites excluding steroid dienone is 2. The largest absolute Gasteiger partial charge is 0.295 e. The van der Waals surface area contributed by atoms with Gasteiger partial charge >= 0.3 is 0 Å². The Bertz CT molecular complexity index is 269. The summed E-state index contributed by atoms with van der Waals surface area (Å²) in [5.41, 5.74) is 1.20. The summed E-state index contributed by atoms with van der Waals surface area (Å²) in [6, 6.07) is 0. The highest BCUT2D eigenvalue weighted by atomic mass is 16.1. The van der Waals surface area contributed by atoms with Gasteiger partial charge < -0.3 is 0 Å². The molecule has 2 aliphatic carbocycles. The summed E-state index contributed by atoms with van der Waals surface area (Å²) in [5.74, 6) is 2.01. The number of Topliss-reactive ketones (excluding diaryl/α,β-unsaturated/α-hetero) is 1. The summed E-state index contributed by atoms with van der Waals surface area (Å²) in [7, 11) is 0.